The molecule has 2 nitrogen and oxygen atoms in total. The van der Waals surface area contributed by atoms with E-state index in [2.05, 4.69) is 0 Å². The van der Waals surface area contributed by atoms with Gasteiger partial charge in [-0.15, -0.1) is 0 Å². The molecule has 0 fully saturated rings. The van der Waals surface area contributed by atoms with Crippen LogP contribution in [0.25, 0.3) is 11.1 Å². The summed E-state index contributed by atoms with van der Waals surface area (Å²) in [5, 5.41) is 18.8. The Balaban J connectivity index is 2.40. The second-order valence-corrected chi connectivity index (χ2v) is 4.26. The Morgan fingerprint density at radius 2 is 1.65 bits per heavy atom. The molecule has 0 spiro atoms. The number of phenolic OH excluding ortho intramolecular Hbond substituents is 1. The highest BCUT2D eigenvalue weighted by Crippen LogP contribution is 2.26. The number of phenols is 1. The van der Waals surface area contributed by atoms with Crippen LogP contribution in [0.3, 0.4) is 0 Å². The van der Waals surface area contributed by atoms with Crippen LogP contribution < -0.4 is 0 Å². The number of aromatic hydroxyl groups is 1. The van der Waals surface area contributed by atoms with Gasteiger partial charge in [-0.05, 0) is 42.2 Å². The standard InChI is InChI=1S/C15H16O2/c1-11(16)10-13-4-2-3-5-15(13)12-6-8-14(17)9-7-12/h2-9,11,16-17H,10H2,1H3. The minimum atomic E-state index is -0.353. The number of hydrogen-bond donors (Lipinski definition) is 2. The zero-order valence-electron chi connectivity index (χ0n) is 9.80. The Morgan fingerprint density at radius 1 is 1.00 bits per heavy atom. The summed E-state index contributed by atoms with van der Waals surface area (Å²) in [6.07, 6.45) is 0.283. The fourth-order valence-corrected chi connectivity index (χ4v) is 1.94. The van der Waals surface area contributed by atoms with Crippen molar-refractivity contribution in [3.63, 3.8) is 0 Å². The first kappa shape index (κ1) is 11.7. The summed E-state index contributed by atoms with van der Waals surface area (Å²) in [6, 6.07) is 15.1. The van der Waals surface area contributed by atoms with Gasteiger partial charge < -0.3 is 10.2 Å². The Kier molecular flexibility index (Phi) is 3.45. The minimum Gasteiger partial charge on any atom is -0.508 e. The predicted octanol–water partition coefficient (Wildman–Crippen LogP) is 2.98. The molecule has 1 unspecified atom stereocenters. The highest BCUT2D eigenvalue weighted by molar-refractivity contribution is 5.68. The molecule has 2 rings (SSSR count). The average molecular weight is 228 g/mol. The van der Waals surface area contributed by atoms with Gasteiger partial charge in [-0.2, -0.15) is 0 Å². The Labute approximate surface area is 101 Å². The second kappa shape index (κ2) is 5.02. The fraction of sp³-hybridized carbons (Fsp3) is 0.200. The number of benzene rings is 2. The number of hydrogen-bond acceptors (Lipinski definition) is 2. The predicted molar refractivity (Wildman–Crippen MR) is 68.9 cm³/mol. The van der Waals surface area contributed by atoms with Crippen LogP contribution >= 0.6 is 0 Å². The average Bonchev–Trinajstić information content (AvgIpc) is 2.30. The van der Waals surface area contributed by atoms with Crippen molar-refractivity contribution in [1.82, 2.24) is 0 Å². The molecule has 88 valence electrons. The van der Waals surface area contributed by atoms with Crippen molar-refractivity contribution in [2.45, 2.75) is 19.4 Å². The molecule has 0 aliphatic heterocycles. The van der Waals surface area contributed by atoms with Crippen LogP contribution in [0.5, 0.6) is 5.75 Å². The highest BCUT2D eigenvalue weighted by atomic mass is 16.3. The quantitative estimate of drug-likeness (QED) is 0.847. The largest absolute Gasteiger partial charge is 0.508 e. The van der Waals surface area contributed by atoms with Gasteiger partial charge in [-0.1, -0.05) is 36.4 Å². The third-order valence-electron chi connectivity index (χ3n) is 2.71. The lowest BCUT2D eigenvalue weighted by molar-refractivity contribution is 0.195. The zero-order valence-corrected chi connectivity index (χ0v) is 9.80. The molecule has 1 atom stereocenters. The molecule has 0 saturated heterocycles. The topological polar surface area (TPSA) is 40.5 Å². The van der Waals surface area contributed by atoms with E-state index in [-0.39, 0.29) is 11.9 Å². The molecule has 17 heavy (non-hydrogen) atoms. The van der Waals surface area contributed by atoms with Crippen LogP contribution in [0.15, 0.2) is 48.5 Å². The molecule has 0 saturated carbocycles. The van der Waals surface area contributed by atoms with E-state index in [1.807, 2.05) is 36.4 Å². The maximum atomic E-state index is 9.48. The molecule has 2 aromatic carbocycles. The summed E-state index contributed by atoms with van der Waals surface area (Å²) in [4.78, 5) is 0. The lowest BCUT2D eigenvalue weighted by atomic mass is 9.96. The first-order valence-electron chi connectivity index (χ1n) is 5.72. The molecule has 2 N–H and O–H groups in total. The minimum absolute atomic E-state index is 0.266. The molecule has 0 aliphatic rings. The van der Waals surface area contributed by atoms with E-state index >= 15 is 0 Å². The van der Waals surface area contributed by atoms with Crippen LogP contribution in [0.4, 0.5) is 0 Å². The van der Waals surface area contributed by atoms with Crippen LogP contribution in [0.1, 0.15) is 12.5 Å². The van der Waals surface area contributed by atoms with Gasteiger partial charge in [-0.3, -0.25) is 0 Å². The molecule has 2 heteroatoms. The van der Waals surface area contributed by atoms with E-state index in [4.69, 9.17) is 0 Å². The van der Waals surface area contributed by atoms with Crippen molar-refractivity contribution in [3.05, 3.63) is 54.1 Å². The molecular weight excluding hydrogens is 212 g/mol. The highest BCUT2D eigenvalue weighted by Gasteiger charge is 2.06. The monoisotopic (exact) mass is 228 g/mol. The van der Waals surface area contributed by atoms with Gasteiger partial charge in [0.15, 0.2) is 0 Å². The lowest BCUT2D eigenvalue weighted by Crippen LogP contribution is -2.05. The molecular formula is C15H16O2. The van der Waals surface area contributed by atoms with Gasteiger partial charge in [0.25, 0.3) is 0 Å². The Hall–Kier alpha value is -1.80. The van der Waals surface area contributed by atoms with Crippen molar-refractivity contribution >= 4 is 0 Å². The maximum Gasteiger partial charge on any atom is 0.115 e. The van der Waals surface area contributed by atoms with E-state index in [0.29, 0.717) is 6.42 Å². The maximum absolute atomic E-state index is 9.48. The van der Waals surface area contributed by atoms with Gasteiger partial charge in [0.1, 0.15) is 5.75 Å². The van der Waals surface area contributed by atoms with E-state index in [9.17, 15) is 10.2 Å². The van der Waals surface area contributed by atoms with Crippen molar-refractivity contribution in [1.29, 1.82) is 0 Å². The summed E-state index contributed by atoms with van der Waals surface area (Å²) in [5.74, 6) is 0.266. The van der Waals surface area contributed by atoms with E-state index < -0.39 is 0 Å². The summed E-state index contributed by atoms with van der Waals surface area (Å²) in [7, 11) is 0. The fourth-order valence-electron chi connectivity index (χ4n) is 1.94. The van der Waals surface area contributed by atoms with Crippen LogP contribution in [0, 0.1) is 0 Å². The van der Waals surface area contributed by atoms with Gasteiger partial charge in [0.2, 0.25) is 0 Å². The van der Waals surface area contributed by atoms with Crippen LogP contribution in [-0.4, -0.2) is 16.3 Å². The molecule has 2 aromatic rings. The first-order valence-corrected chi connectivity index (χ1v) is 5.72. The third-order valence-corrected chi connectivity index (χ3v) is 2.71. The molecule has 0 amide bonds. The molecule has 0 aliphatic carbocycles. The molecule has 0 radical (unpaired) electrons. The van der Waals surface area contributed by atoms with Gasteiger partial charge in [0, 0.05) is 0 Å². The summed E-state index contributed by atoms with van der Waals surface area (Å²) in [6.45, 7) is 1.79. The van der Waals surface area contributed by atoms with Gasteiger partial charge >= 0.3 is 0 Å². The van der Waals surface area contributed by atoms with Crippen molar-refractivity contribution in [2.75, 3.05) is 0 Å². The smallest absolute Gasteiger partial charge is 0.115 e. The van der Waals surface area contributed by atoms with Gasteiger partial charge in [-0.25, -0.2) is 0 Å². The number of rotatable bonds is 3. The molecule has 0 aromatic heterocycles. The Morgan fingerprint density at radius 3 is 2.29 bits per heavy atom. The van der Waals surface area contributed by atoms with Crippen LogP contribution in [-0.2, 0) is 6.42 Å². The molecule has 0 heterocycles. The van der Waals surface area contributed by atoms with Crippen molar-refractivity contribution in [3.8, 4) is 16.9 Å². The SMILES string of the molecule is CC(O)Cc1ccccc1-c1ccc(O)cc1. The van der Waals surface area contributed by atoms with E-state index in [1.54, 1.807) is 19.1 Å². The summed E-state index contributed by atoms with van der Waals surface area (Å²) < 4.78 is 0. The van der Waals surface area contributed by atoms with E-state index in [0.717, 1.165) is 16.7 Å². The summed E-state index contributed by atoms with van der Waals surface area (Å²) in [5.41, 5.74) is 3.28. The third kappa shape index (κ3) is 2.86. The first-order chi connectivity index (χ1) is 8.16. The number of aliphatic hydroxyl groups excluding tert-OH is 1. The second-order valence-electron chi connectivity index (χ2n) is 4.26. The Bertz CT molecular complexity index is 487. The van der Waals surface area contributed by atoms with Crippen molar-refractivity contribution in [2.24, 2.45) is 0 Å². The lowest BCUT2D eigenvalue weighted by Gasteiger charge is -2.11. The summed E-state index contributed by atoms with van der Waals surface area (Å²) >= 11 is 0. The molecule has 0 bridgehead atoms. The normalized spacial score (nSPS) is 12.4. The van der Waals surface area contributed by atoms with Gasteiger partial charge in [0.05, 0.1) is 6.10 Å². The van der Waals surface area contributed by atoms with Crippen LogP contribution in [0.2, 0.25) is 0 Å². The van der Waals surface area contributed by atoms with E-state index in [1.165, 1.54) is 0 Å². The van der Waals surface area contributed by atoms with Crippen molar-refractivity contribution < 1.29 is 10.2 Å². The number of aliphatic hydroxyl groups is 1. The zero-order chi connectivity index (χ0) is 12.3.